The highest BCUT2D eigenvalue weighted by atomic mass is 79.9. The fraction of sp³-hybridized carbons (Fsp3) is 0.188. The van der Waals surface area contributed by atoms with E-state index < -0.39 is 0 Å². The zero-order valence-corrected chi connectivity index (χ0v) is 15.2. The van der Waals surface area contributed by atoms with Gasteiger partial charge in [0.2, 0.25) is 0 Å². The van der Waals surface area contributed by atoms with Gasteiger partial charge in [0.05, 0.1) is 11.6 Å². The van der Waals surface area contributed by atoms with Crippen LogP contribution in [0.5, 0.6) is 5.75 Å². The molecule has 2 rings (SSSR count). The molecule has 0 aliphatic carbocycles. The van der Waals surface area contributed by atoms with E-state index in [4.69, 9.17) is 28.6 Å². The number of anilines is 1. The van der Waals surface area contributed by atoms with Gasteiger partial charge in [-0.05, 0) is 55.0 Å². The van der Waals surface area contributed by atoms with Crippen LogP contribution < -0.4 is 15.4 Å². The SMILES string of the molecule is Cc1cc(NC(=S)NCCOc2ccccc2Cl)ccc1Br. The Morgan fingerprint density at radius 2 is 2.05 bits per heavy atom. The monoisotopic (exact) mass is 398 g/mol. The molecule has 6 heteroatoms. The van der Waals surface area contributed by atoms with Crippen molar-refractivity contribution in [3.63, 3.8) is 0 Å². The summed E-state index contributed by atoms with van der Waals surface area (Å²) in [4.78, 5) is 0. The molecule has 0 saturated heterocycles. The van der Waals surface area contributed by atoms with E-state index in [0.717, 1.165) is 15.7 Å². The lowest BCUT2D eigenvalue weighted by Crippen LogP contribution is -2.32. The van der Waals surface area contributed by atoms with E-state index >= 15 is 0 Å². The third kappa shape index (κ3) is 5.16. The zero-order chi connectivity index (χ0) is 15.9. The first-order valence-electron chi connectivity index (χ1n) is 6.74. The maximum absolute atomic E-state index is 6.01. The van der Waals surface area contributed by atoms with Gasteiger partial charge < -0.3 is 15.4 Å². The van der Waals surface area contributed by atoms with Crippen molar-refractivity contribution >= 4 is 50.5 Å². The summed E-state index contributed by atoms with van der Waals surface area (Å²) in [5, 5.41) is 7.40. The van der Waals surface area contributed by atoms with Gasteiger partial charge >= 0.3 is 0 Å². The zero-order valence-electron chi connectivity index (χ0n) is 12.0. The van der Waals surface area contributed by atoms with Crippen LogP contribution in [0.2, 0.25) is 5.02 Å². The third-order valence-electron chi connectivity index (χ3n) is 2.90. The van der Waals surface area contributed by atoms with E-state index in [9.17, 15) is 0 Å². The van der Waals surface area contributed by atoms with Crippen molar-refractivity contribution in [1.29, 1.82) is 0 Å². The molecule has 0 heterocycles. The fourth-order valence-electron chi connectivity index (χ4n) is 1.79. The summed E-state index contributed by atoms with van der Waals surface area (Å²) in [6.07, 6.45) is 0. The van der Waals surface area contributed by atoms with Gasteiger partial charge in [0.25, 0.3) is 0 Å². The van der Waals surface area contributed by atoms with E-state index in [1.807, 2.05) is 43.3 Å². The first kappa shape index (κ1) is 17.1. The van der Waals surface area contributed by atoms with Gasteiger partial charge in [0, 0.05) is 10.2 Å². The van der Waals surface area contributed by atoms with Crippen molar-refractivity contribution in [3.8, 4) is 5.75 Å². The van der Waals surface area contributed by atoms with Crippen molar-refractivity contribution in [2.45, 2.75) is 6.92 Å². The van der Waals surface area contributed by atoms with Gasteiger partial charge in [-0.25, -0.2) is 0 Å². The molecule has 0 saturated carbocycles. The lowest BCUT2D eigenvalue weighted by Gasteiger charge is -2.12. The molecule has 22 heavy (non-hydrogen) atoms. The van der Waals surface area contributed by atoms with Gasteiger partial charge in [-0.1, -0.05) is 39.7 Å². The molecule has 0 bridgehead atoms. The second kappa shape index (κ2) is 8.36. The fourth-order valence-corrected chi connectivity index (χ4v) is 2.44. The first-order valence-corrected chi connectivity index (χ1v) is 8.32. The second-order valence-electron chi connectivity index (χ2n) is 4.62. The van der Waals surface area contributed by atoms with Crippen LogP contribution >= 0.6 is 39.7 Å². The van der Waals surface area contributed by atoms with Crippen LogP contribution in [-0.4, -0.2) is 18.3 Å². The molecule has 0 spiro atoms. The largest absolute Gasteiger partial charge is 0.490 e. The molecular formula is C16H16BrClN2OS. The maximum Gasteiger partial charge on any atom is 0.170 e. The van der Waals surface area contributed by atoms with Crippen LogP contribution in [0.3, 0.4) is 0 Å². The molecule has 2 aromatic carbocycles. The van der Waals surface area contributed by atoms with E-state index in [2.05, 4.69) is 26.6 Å². The van der Waals surface area contributed by atoms with E-state index in [1.165, 1.54) is 0 Å². The smallest absolute Gasteiger partial charge is 0.170 e. The standard InChI is InChI=1S/C16H16BrClN2OS/c1-11-10-12(6-7-13(11)17)20-16(22)19-8-9-21-15-5-3-2-4-14(15)18/h2-7,10H,8-9H2,1H3,(H2,19,20,22). The molecular weight excluding hydrogens is 384 g/mol. The Hall–Kier alpha value is -1.30. The maximum atomic E-state index is 6.01. The quantitative estimate of drug-likeness (QED) is 0.560. The molecule has 0 amide bonds. The lowest BCUT2D eigenvalue weighted by molar-refractivity contribution is 0.323. The summed E-state index contributed by atoms with van der Waals surface area (Å²) in [6, 6.07) is 13.4. The highest BCUT2D eigenvalue weighted by molar-refractivity contribution is 9.10. The third-order valence-corrected chi connectivity index (χ3v) is 4.35. The number of aryl methyl sites for hydroxylation is 1. The van der Waals surface area contributed by atoms with Gasteiger partial charge in [0.15, 0.2) is 5.11 Å². The summed E-state index contributed by atoms with van der Waals surface area (Å²) in [5.41, 5.74) is 2.10. The van der Waals surface area contributed by atoms with Crippen LogP contribution in [-0.2, 0) is 0 Å². The number of ether oxygens (including phenoxy) is 1. The van der Waals surface area contributed by atoms with Crippen molar-refractivity contribution in [1.82, 2.24) is 5.32 Å². The van der Waals surface area contributed by atoms with Crippen LogP contribution in [0.15, 0.2) is 46.9 Å². The number of hydrogen-bond acceptors (Lipinski definition) is 2. The highest BCUT2D eigenvalue weighted by Gasteiger charge is 2.01. The van der Waals surface area contributed by atoms with Crippen molar-refractivity contribution in [2.75, 3.05) is 18.5 Å². The summed E-state index contributed by atoms with van der Waals surface area (Å²) < 4.78 is 6.66. The number of benzene rings is 2. The Balaban J connectivity index is 1.74. The molecule has 0 aliphatic rings. The molecule has 0 radical (unpaired) electrons. The summed E-state index contributed by atoms with van der Waals surface area (Å²) in [7, 11) is 0. The van der Waals surface area contributed by atoms with Gasteiger partial charge in [0.1, 0.15) is 12.4 Å². The molecule has 0 fully saturated rings. The number of nitrogens with one attached hydrogen (secondary N) is 2. The highest BCUT2D eigenvalue weighted by Crippen LogP contribution is 2.22. The molecule has 0 aromatic heterocycles. The van der Waals surface area contributed by atoms with Crippen LogP contribution in [0, 0.1) is 6.92 Å². The first-order chi connectivity index (χ1) is 10.6. The minimum absolute atomic E-state index is 0.477. The molecule has 2 aromatic rings. The van der Waals surface area contributed by atoms with Crippen LogP contribution in [0.4, 0.5) is 5.69 Å². The Kier molecular flexibility index (Phi) is 6.49. The summed E-state index contributed by atoms with van der Waals surface area (Å²) >= 11 is 14.7. The van der Waals surface area contributed by atoms with E-state index in [1.54, 1.807) is 6.07 Å². The van der Waals surface area contributed by atoms with Gasteiger partial charge in [-0.15, -0.1) is 0 Å². The second-order valence-corrected chi connectivity index (χ2v) is 6.29. The summed E-state index contributed by atoms with van der Waals surface area (Å²) in [5.74, 6) is 0.674. The molecule has 3 nitrogen and oxygen atoms in total. The van der Waals surface area contributed by atoms with Crippen molar-refractivity contribution in [3.05, 3.63) is 57.5 Å². The lowest BCUT2D eigenvalue weighted by atomic mass is 10.2. The normalized spacial score (nSPS) is 10.1. The Bertz CT molecular complexity index is 666. The predicted molar refractivity (Wildman–Crippen MR) is 100 cm³/mol. The molecule has 116 valence electrons. The van der Waals surface area contributed by atoms with Crippen molar-refractivity contribution < 1.29 is 4.74 Å². The number of hydrogen-bond donors (Lipinski definition) is 2. The van der Waals surface area contributed by atoms with Gasteiger partial charge in [-0.3, -0.25) is 0 Å². The molecule has 0 aliphatic heterocycles. The number of rotatable bonds is 5. The molecule has 2 N–H and O–H groups in total. The Morgan fingerprint density at radius 3 is 2.77 bits per heavy atom. The Morgan fingerprint density at radius 1 is 1.27 bits per heavy atom. The van der Waals surface area contributed by atoms with Crippen LogP contribution in [0.25, 0.3) is 0 Å². The van der Waals surface area contributed by atoms with Crippen LogP contribution in [0.1, 0.15) is 5.56 Å². The van der Waals surface area contributed by atoms with Crippen molar-refractivity contribution in [2.24, 2.45) is 0 Å². The van der Waals surface area contributed by atoms with E-state index in [-0.39, 0.29) is 0 Å². The van der Waals surface area contributed by atoms with Gasteiger partial charge in [-0.2, -0.15) is 0 Å². The average molecular weight is 400 g/mol. The van der Waals surface area contributed by atoms with E-state index in [0.29, 0.717) is 29.0 Å². The number of para-hydroxylation sites is 1. The number of halogens is 2. The number of thiocarbonyl (C=S) groups is 1. The Labute approximate surface area is 149 Å². The minimum atomic E-state index is 0.477. The minimum Gasteiger partial charge on any atom is -0.490 e. The molecule has 0 atom stereocenters. The summed E-state index contributed by atoms with van der Waals surface area (Å²) in [6.45, 7) is 3.10. The topological polar surface area (TPSA) is 33.3 Å². The average Bonchev–Trinajstić information content (AvgIpc) is 2.49. The molecule has 0 unspecified atom stereocenters. The predicted octanol–water partition coefficient (Wildman–Crippen LogP) is 4.78.